The topological polar surface area (TPSA) is 95.3 Å². The summed E-state index contributed by atoms with van der Waals surface area (Å²) in [5.74, 6) is 1.97. The highest BCUT2D eigenvalue weighted by Crippen LogP contribution is 2.59. The summed E-state index contributed by atoms with van der Waals surface area (Å²) in [6, 6.07) is 4.88. The van der Waals surface area contributed by atoms with Crippen molar-refractivity contribution in [1.82, 2.24) is 20.5 Å². The molecule has 8 nitrogen and oxygen atoms in total. The summed E-state index contributed by atoms with van der Waals surface area (Å²) < 4.78 is 4.74. The minimum atomic E-state index is -0.451. The van der Waals surface area contributed by atoms with Gasteiger partial charge in [-0.1, -0.05) is 4.85 Å². The number of nitrogens with one attached hydrogen (secondary N) is 1. The van der Waals surface area contributed by atoms with Crippen molar-refractivity contribution in [3.8, 4) is 0 Å². The number of carbonyl (C=O) groups is 2. The van der Waals surface area contributed by atoms with Gasteiger partial charge in [-0.05, 0) is 85.1 Å². The molecule has 1 N–H and O–H groups in total. The molecule has 0 aliphatic heterocycles. The van der Waals surface area contributed by atoms with Crippen LogP contribution in [0, 0.1) is 23.2 Å². The van der Waals surface area contributed by atoms with Crippen LogP contribution in [-0.4, -0.2) is 47.3 Å². The summed E-state index contributed by atoms with van der Waals surface area (Å²) in [4.78, 5) is 30.9. The van der Waals surface area contributed by atoms with Crippen LogP contribution in [0.25, 0.3) is 11.0 Å². The minimum absolute atomic E-state index is 0.146. The third kappa shape index (κ3) is 3.45. The molecule has 154 valence electrons. The number of aromatic nitrogens is 3. The number of benzene rings is 1. The summed E-state index contributed by atoms with van der Waals surface area (Å²) in [5.41, 5.74) is 1.76. The Bertz CT molecular complexity index is 918. The zero-order chi connectivity index (χ0) is 20.0. The van der Waals surface area contributed by atoms with Gasteiger partial charge in [0, 0.05) is 6.54 Å². The fourth-order valence-electron chi connectivity index (χ4n) is 6.20. The van der Waals surface area contributed by atoms with E-state index in [1.165, 1.54) is 50.5 Å². The number of nitrogens with zero attached hydrogens (tertiary/aromatic N) is 3. The highest BCUT2D eigenvalue weighted by Gasteiger charge is 2.50. The lowest BCUT2D eigenvalue weighted by Crippen LogP contribution is -2.51. The van der Waals surface area contributed by atoms with E-state index >= 15 is 0 Å². The molecule has 1 heterocycles. The molecule has 1 aromatic carbocycles. The first-order chi connectivity index (χ1) is 14.0. The van der Waals surface area contributed by atoms with E-state index in [9.17, 15) is 9.59 Å². The van der Waals surface area contributed by atoms with Crippen LogP contribution in [0.4, 0.5) is 0 Å². The Morgan fingerprint density at radius 2 is 1.86 bits per heavy atom. The zero-order valence-electron chi connectivity index (χ0n) is 16.6. The van der Waals surface area contributed by atoms with Gasteiger partial charge in [0.2, 0.25) is 0 Å². The molecule has 8 heteroatoms. The minimum Gasteiger partial charge on any atom is -0.465 e. The Labute approximate surface area is 168 Å². The van der Waals surface area contributed by atoms with Crippen LogP contribution in [-0.2, 0) is 9.53 Å². The molecule has 0 radical (unpaired) electrons. The number of hydrogen-bond donors (Lipinski definition) is 1. The molecule has 4 aliphatic rings. The van der Waals surface area contributed by atoms with Crippen LogP contribution in [0.2, 0.25) is 0 Å². The summed E-state index contributed by atoms with van der Waals surface area (Å²) in [6.45, 7) is 0.594. The Kier molecular flexibility index (Phi) is 4.44. The first kappa shape index (κ1) is 18.4. The summed E-state index contributed by atoms with van der Waals surface area (Å²) in [7, 11) is 1.33. The van der Waals surface area contributed by atoms with Gasteiger partial charge >= 0.3 is 5.97 Å². The molecular weight excluding hydrogens is 372 g/mol. The second kappa shape index (κ2) is 7.00. The number of esters is 1. The second-order valence-electron chi connectivity index (χ2n) is 9.13. The molecule has 0 atom stereocenters. The van der Waals surface area contributed by atoms with Crippen molar-refractivity contribution >= 4 is 22.9 Å². The van der Waals surface area contributed by atoms with Crippen molar-refractivity contribution in [3.63, 3.8) is 0 Å². The Morgan fingerprint density at radius 3 is 2.52 bits per heavy atom. The maximum atomic E-state index is 12.4. The lowest BCUT2D eigenvalue weighted by atomic mass is 9.49. The van der Waals surface area contributed by atoms with Crippen molar-refractivity contribution in [2.24, 2.45) is 23.2 Å². The SMILES string of the molecule is COC(=O)c1ccc2nnn(OCC(=O)NCC34CC5CC(CC(C5)C3)C4)c2c1. The van der Waals surface area contributed by atoms with Crippen LogP contribution in [0.1, 0.15) is 48.9 Å². The molecule has 29 heavy (non-hydrogen) atoms. The van der Waals surface area contributed by atoms with Gasteiger partial charge in [-0.15, -0.1) is 5.10 Å². The van der Waals surface area contributed by atoms with Crippen molar-refractivity contribution in [3.05, 3.63) is 23.8 Å². The molecular formula is C21H26N4O4. The third-order valence-electron chi connectivity index (χ3n) is 6.98. The van der Waals surface area contributed by atoms with Crippen LogP contribution in [0.15, 0.2) is 18.2 Å². The van der Waals surface area contributed by atoms with Crippen LogP contribution < -0.4 is 10.2 Å². The first-order valence-electron chi connectivity index (χ1n) is 10.4. The van der Waals surface area contributed by atoms with E-state index in [2.05, 4.69) is 15.6 Å². The normalized spacial score (nSPS) is 29.8. The molecule has 0 unspecified atom stereocenters. The smallest absolute Gasteiger partial charge is 0.337 e. The van der Waals surface area contributed by atoms with E-state index in [-0.39, 0.29) is 12.5 Å². The summed E-state index contributed by atoms with van der Waals surface area (Å²) in [5, 5.41) is 11.0. The largest absolute Gasteiger partial charge is 0.465 e. The lowest BCUT2D eigenvalue weighted by molar-refractivity contribution is -0.128. The number of hydrogen-bond acceptors (Lipinski definition) is 6. The average Bonchev–Trinajstić information content (AvgIpc) is 3.11. The van der Waals surface area contributed by atoms with Gasteiger partial charge in [0.1, 0.15) is 11.0 Å². The molecule has 1 amide bonds. The van der Waals surface area contributed by atoms with Crippen molar-refractivity contribution in [1.29, 1.82) is 0 Å². The van der Waals surface area contributed by atoms with Crippen LogP contribution in [0.5, 0.6) is 0 Å². The molecule has 1 aromatic heterocycles. The van der Waals surface area contributed by atoms with Crippen molar-refractivity contribution < 1.29 is 19.2 Å². The molecule has 4 aliphatic carbocycles. The molecule has 4 saturated carbocycles. The number of amides is 1. The third-order valence-corrected chi connectivity index (χ3v) is 6.98. The van der Waals surface area contributed by atoms with E-state index in [0.717, 1.165) is 24.3 Å². The molecule has 4 fully saturated rings. The quantitative estimate of drug-likeness (QED) is 0.748. The second-order valence-corrected chi connectivity index (χ2v) is 9.13. The van der Waals surface area contributed by atoms with Gasteiger partial charge < -0.3 is 14.9 Å². The maximum Gasteiger partial charge on any atom is 0.337 e. The van der Waals surface area contributed by atoms with E-state index in [1.54, 1.807) is 18.2 Å². The van der Waals surface area contributed by atoms with Gasteiger partial charge in [0.05, 0.1) is 12.7 Å². The fourth-order valence-corrected chi connectivity index (χ4v) is 6.20. The highest BCUT2D eigenvalue weighted by molar-refractivity contribution is 5.93. The molecule has 0 spiro atoms. The van der Waals surface area contributed by atoms with E-state index < -0.39 is 5.97 Å². The zero-order valence-corrected chi connectivity index (χ0v) is 16.6. The van der Waals surface area contributed by atoms with Crippen LogP contribution in [0.3, 0.4) is 0 Å². The predicted octanol–water partition coefficient (Wildman–Crippen LogP) is 1.98. The van der Waals surface area contributed by atoms with Crippen molar-refractivity contribution in [2.75, 3.05) is 20.3 Å². The number of carbonyl (C=O) groups excluding carboxylic acids is 2. The van der Waals surface area contributed by atoms with Gasteiger partial charge in [0.15, 0.2) is 6.61 Å². The standard InChI is InChI=1S/C21H26N4O4/c1-28-20(27)16-2-3-17-18(7-16)25(24-23-17)29-11-19(26)22-12-21-8-13-4-14(9-21)6-15(5-13)10-21/h2-3,7,13-15H,4-6,8-12H2,1H3,(H,22,26). The fraction of sp³-hybridized carbons (Fsp3) is 0.619. The highest BCUT2D eigenvalue weighted by atomic mass is 16.7. The van der Waals surface area contributed by atoms with Crippen LogP contribution >= 0.6 is 0 Å². The monoisotopic (exact) mass is 398 g/mol. The lowest BCUT2D eigenvalue weighted by Gasteiger charge is -2.56. The summed E-state index contributed by atoms with van der Waals surface area (Å²) >= 11 is 0. The van der Waals surface area contributed by atoms with E-state index in [0.29, 0.717) is 22.0 Å². The van der Waals surface area contributed by atoms with Gasteiger partial charge in [-0.25, -0.2) is 4.79 Å². The first-order valence-corrected chi connectivity index (χ1v) is 10.4. The van der Waals surface area contributed by atoms with Gasteiger partial charge in [-0.3, -0.25) is 4.79 Å². The van der Waals surface area contributed by atoms with Crippen molar-refractivity contribution in [2.45, 2.75) is 38.5 Å². The Morgan fingerprint density at radius 1 is 1.17 bits per heavy atom. The predicted molar refractivity (Wildman–Crippen MR) is 104 cm³/mol. The van der Waals surface area contributed by atoms with E-state index in [4.69, 9.17) is 9.57 Å². The van der Waals surface area contributed by atoms with Gasteiger partial charge in [-0.2, -0.15) is 0 Å². The number of ether oxygens (including phenoxy) is 1. The molecule has 6 rings (SSSR count). The number of fused-ring (bicyclic) bond motifs is 1. The molecule has 4 bridgehead atoms. The summed E-state index contributed by atoms with van der Waals surface area (Å²) in [6.07, 6.45) is 7.94. The van der Waals surface area contributed by atoms with Gasteiger partial charge in [0.25, 0.3) is 5.91 Å². The Balaban J connectivity index is 1.20. The molecule has 2 aromatic rings. The maximum absolute atomic E-state index is 12.4. The van der Waals surface area contributed by atoms with E-state index in [1.807, 2.05) is 0 Å². The number of methoxy groups -OCH3 is 1. The average molecular weight is 398 g/mol. The number of rotatable bonds is 6. The Hall–Kier alpha value is -2.64. The molecule has 0 saturated heterocycles.